The molecule has 2 amide bonds. The Morgan fingerprint density at radius 2 is 2.31 bits per heavy atom. The van der Waals surface area contributed by atoms with Crippen LogP contribution in [0.25, 0.3) is 0 Å². The third-order valence-electron chi connectivity index (χ3n) is 1.77. The van der Waals surface area contributed by atoms with Crippen molar-refractivity contribution in [2.24, 2.45) is 0 Å². The van der Waals surface area contributed by atoms with E-state index in [2.05, 4.69) is 11.4 Å². The number of hydrogen-bond acceptors (Lipinski definition) is 2. The first kappa shape index (κ1) is 10.1. The number of thiophene rings is 1. The second-order valence-corrected chi connectivity index (χ2v) is 4.08. The first-order chi connectivity index (χ1) is 6.11. The first-order valence-electron chi connectivity index (χ1n) is 4.09. The minimum atomic E-state index is -0.0483. The maximum Gasteiger partial charge on any atom is 0.317 e. The van der Waals surface area contributed by atoms with Crippen LogP contribution in [0.3, 0.4) is 0 Å². The summed E-state index contributed by atoms with van der Waals surface area (Å²) in [5.41, 5.74) is 1.24. The SMILES string of the molecule is Cc1ccsc1CNC(=O)N(C)C. The van der Waals surface area contributed by atoms with Gasteiger partial charge in [0, 0.05) is 19.0 Å². The third-order valence-corrected chi connectivity index (χ3v) is 2.80. The molecule has 0 atom stereocenters. The number of carbonyl (C=O) groups excluding carboxylic acids is 1. The Balaban J connectivity index is 2.44. The summed E-state index contributed by atoms with van der Waals surface area (Å²) in [5, 5.41) is 4.86. The minimum absolute atomic E-state index is 0.0483. The summed E-state index contributed by atoms with van der Waals surface area (Å²) in [6.07, 6.45) is 0. The number of aryl methyl sites for hydroxylation is 1. The number of amides is 2. The fraction of sp³-hybridized carbons (Fsp3) is 0.444. The van der Waals surface area contributed by atoms with Gasteiger partial charge in [-0.1, -0.05) is 0 Å². The van der Waals surface area contributed by atoms with Crippen molar-refractivity contribution in [3.63, 3.8) is 0 Å². The van der Waals surface area contributed by atoms with Crippen molar-refractivity contribution in [3.05, 3.63) is 21.9 Å². The molecule has 4 heteroatoms. The molecular formula is C9H14N2OS. The van der Waals surface area contributed by atoms with Gasteiger partial charge < -0.3 is 10.2 Å². The van der Waals surface area contributed by atoms with Crippen molar-refractivity contribution >= 4 is 17.4 Å². The molecule has 3 nitrogen and oxygen atoms in total. The average molecular weight is 198 g/mol. The van der Waals surface area contributed by atoms with Crippen LogP contribution in [0, 0.1) is 6.92 Å². The molecular weight excluding hydrogens is 184 g/mol. The Kier molecular flexibility index (Phi) is 3.31. The molecule has 0 saturated carbocycles. The molecule has 13 heavy (non-hydrogen) atoms. The Bertz CT molecular complexity index is 294. The van der Waals surface area contributed by atoms with Gasteiger partial charge in [0.05, 0.1) is 6.54 Å². The van der Waals surface area contributed by atoms with E-state index in [1.165, 1.54) is 15.3 Å². The first-order valence-corrected chi connectivity index (χ1v) is 4.97. The van der Waals surface area contributed by atoms with Gasteiger partial charge in [0.15, 0.2) is 0 Å². The molecule has 1 aromatic heterocycles. The highest BCUT2D eigenvalue weighted by Gasteiger charge is 2.04. The van der Waals surface area contributed by atoms with Crippen molar-refractivity contribution in [1.82, 2.24) is 10.2 Å². The molecule has 1 heterocycles. The zero-order valence-electron chi connectivity index (χ0n) is 8.13. The summed E-state index contributed by atoms with van der Waals surface area (Å²) in [5.74, 6) is 0. The number of nitrogens with one attached hydrogen (secondary N) is 1. The van der Waals surface area contributed by atoms with Gasteiger partial charge in [-0.25, -0.2) is 4.79 Å². The monoisotopic (exact) mass is 198 g/mol. The molecule has 1 rings (SSSR count). The Morgan fingerprint density at radius 1 is 1.62 bits per heavy atom. The largest absolute Gasteiger partial charge is 0.333 e. The molecule has 0 radical (unpaired) electrons. The maximum absolute atomic E-state index is 11.2. The third kappa shape index (κ3) is 2.73. The molecule has 1 N–H and O–H groups in total. The second-order valence-electron chi connectivity index (χ2n) is 3.08. The van der Waals surface area contributed by atoms with Gasteiger partial charge in [0.1, 0.15) is 0 Å². The van der Waals surface area contributed by atoms with Crippen LogP contribution in [0.15, 0.2) is 11.4 Å². The van der Waals surface area contributed by atoms with E-state index in [9.17, 15) is 4.79 Å². The van der Waals surface area contributed by atoms with Crippen LogP contribution in [-0.4, -0.2) is 25.0 Å². The van der Waals surface area contributed by atoms with Gasteiger partial charge >= 0.3 is 6.03 Å². The van der Waals surface area contributed by atoms with Crippen LogP contribution in [-0.2, 0) is 6.54 Å². The van der Waals surface area contributed by atoms with Gasteiger partial charge in [-0.2, -0.15) is 0 Å². The summed E-state index contributed by atoms with van der Waals surface area (Å²) in [4.78, 5) is 13.9. The smallest absolute Gasteiger partial charge is 0.317 e. The van der Waals surface area contributed by atoms with Gasteiger partial charge in [-0.15, -0.1) is 11.3 Å². The van der Waals surface area contributed by atoms with Crippen molar-refractivity contribution in [2.45, 2.75) is 13.5 Å². The molecule has 0 aliphatic rings. The van der Waals surface area contributed by atoms with Crippen LogP contribution >= 0.6 is 11.3 Å². The fourth-order valence-corrected chi connectivity index (χ4v) is 1.75. The lowest BCUT2D eigenvalue weighted by Crippen LogP contribution is -2.33. The highest BCUT2D eigenvalue weighted by molar-refractivity contribution is 7.10. The van der Waals surface area contributed by atoms with Crippen molar-refractivity contribution in [1.29, 1.82) is 0 Å². The van der Waals surface area contributed by atoms with Crippen molar-refractivity contribution in [2.75, 3.05) is 14.1 Å². The zero-order valence-corrected chi connectivity index (χ0v) is 8.94. The summed E-state index contributed by atoms with van der Waals surface area (Å²) < 4.78 is 0. The van der Waals surface area contributed by atoms with Gasteiger partial charge in [-0.05, 0) is 23.9 Å². The number of hydrogen-bond donors (Lipinski definition) is 1. The Labute approximate surface area is 82.4 Å². The van der Waals surface area contributed by atoms with Crippen molar-refractivity contribution < 1.29 is 4.79 Å². The molecule has 0 aliphatic carbocycles. The van der Waals surface area contributed by atoms with Crippen LogP contribution < -0.4 is 5.32 Å². The lowest BCUT2D eigenvalue weighted by atomic mass is 10.3. The number of urea groups is 1. The molecule has 0 saturated heterocycles. The summed E-state index contributed by atoms with van der Waals surface area (Å²) in [6.45, 7) is 2.67. The van der Waals surface area contributed by atoms with E-state index in [-0.39, 0.29) is 6.03 Å². The van der Waals surface area contributed by atoms with E-state index in [1.54, 1.807) is 25.4 Å². The molecule has 0 spiro atoms. The Hall–Kier alpha value is -1.03. The van der Waals surface area contributed by atoms with Gasteiger partial charge in [0.25, 0.3) is 0 Å². The van der Waals surface area contributed by atoms with Gasteiger partial charge in [-0.3, -0.25) is 0 Å². The summed E-state index contributed by atoms with van der Waals surface area (Å²) in [6, 6.07) is 2.01. The zero-order chi connectivity index (χ0) is 9.84. The summed E-state index contributed by atoms with van der Waals surface area (Å²) >= 11 is 1.67. The summed E-state index contributed by atoms with van der Waals surface area (Å²) in [7, 11) is 3.47. The predicted molar refractivity (Wildman–Crippen MR) is 55.0 cm³/mol. The number of carbonyl (C=O) groups is 1. The topological polar surface area (TPSA) is 32.3 Å². The fourth-order valence-electron chi connectivity index (χ4n) is 0.899. The average Bonchev–Trinajstić information content (AvgIpc) is 2.47. The maximum atomic E-state index is 11.2. The highest BCUT2D eigenvalue weighted by Crippen LogP contribution is 2.14. The molecule has 72 valence electrons. The molecule has 0 fully saturated rings. The molecule has 0 bridgehead atoms. The van der Waals surface area contributed by atoms with Crippen LogP contribution in [0.5, 0.6) is 0 Å². The van der Waals surface area contributed by atoms with E-state index in [4.69, 9.17) is 0 Å². The molecule has 0 unspecified atom stereocenters. The minimum Gasteiger partial charge on any atom is -0.333 e. The van der Waals surface area contributed by atoms with Crippen molar-refractivity contribution in [3.8, 4) is 0 Å². The molecule has 1 aromatic rings. The van der Waals surface area contributed by atoms with E-state index < -0.39 is 0 Å². The predicted octanol–water partition coefficient (Wildman–Crippen LogP) is 1.83. The van der Waals surface area contributed by atoms with E-state index >= 15 is 0 Å². The standard InChI is InChI=1S/C9H14N2OS/c1-7-4-5-13-8(7)6-10-9(12)11(2)3/h4-5H,6H2,1-3H3,(H,10,12). The van der Waals surface area contributed by atoms with Gasteiger partial charge in [0.2, 0.25) is 0 Å². The van der Waals surface area contributed by atoms with Crippen LogP contribution in [0.4, 0.5) is 4.79 Å². The lowest BCUT2D eigenvalue weighted by molar-refractivity contribution is 0.217. The number of rotatable bonds is 2. The Morgan fingerprint density at radius 3 is 2.77 bits per heavy atom. The highest BCUT2D eigenvalue weighted by atomic mass is 32.1. The van der Waals surface area contributed by atoms with Crippen LogP contribution in [0.2, 0.25) is 0 Å². The van der Waals surface area contributed by atoms with Crippen LogP contribution in [0.1, 0.15) is 10.4 Å². The van der Waals surface area contributed by atoms with E-state index in [0.717, 1.165) is 0 Å². The second kappa shape index (κ2) is 4.28. The lowest BCUT2D eigenvalue weighted by Gasteiger charge is -2.11. The quantitative estimate of drug-likeness (QED) is 0.772. The number of nitrogens with zero attached hydrogens (tertiary/aromatic N) is 1. The van der Waals surface area contributed by atoms with E-state index in [1.807, 2.05) is 12.3 Å². The molecule has 0 aliphatic heterocycles. The van der Waals surface area contributed by atoms with E-state index in [0.29, 0.717) is 6.54 Å². The normalized spacial score (nSPS) is 9.77. The molecule has 0 aromatic carbocycles.